The third-order valence-electron chi connectivity index (χ3n) is 11.4. The number of aryl methyl sites for hydroxylation is 1. The van der Waals surface area contributed by atoms with Gasteiger partial charge >= 0.3 is 0 Å². The third kappa shape index (κ3) is 7.75. The Bertz CT molecular complexity index is 2810. The number of pyridine rings is 2. The Morgan fingerprint density at radius 2 is 1.80 bits per heavy atom. The summed E-state index contributed by atoms with van der Waals surface area (Å²) in [6.07, 6.45) is 2.33. The number of likely N-dealkylation sites (tertiary alicyclic amines) is 1. The van der Waals surface area contributed by atoms with Gasteiger partial charge in [-0.1, -0.05) is 23.4 Å². The van der Waals surface area contributed by atoms with E-state index in [1.165, 1.54) is 22.3 Å². The highest BCUT2D eigenvalue weighted by molar-refractivity contribution is 7.90. The number of hydrogen-bond donors (Lipinski definition) is 1. The maximum Gasteiger partial charge on any atom is 0.267 e. The molecule has 1 aromatic carbocycles. The van der Waals surface area contributed by atoms with Crippen molar-refractivity contribution in [2.75, 3.05) is 25.0 Å². The van der Waals surface area contributed by atoms with Gasteiger partial charge in [0.1, 0.15) is 23.3 Å². The van der Waals surface area contributed by atoms with Crippen LogP contribution in [0.3, 0.4) is 0 Å². The first-order valence-electron chi connectivity index (χ1n) is 18.7. The molecule has 5 aromatic rings. The van der Waals surface area contributed by atoms with Gasteiger partial charge < -0.3 is 4.90 Å². The van der Waals surface area contributed by atoms with Crippen molar-refractivity contribution in [3.63, 3.8) is 0 Å². The van der Waals surface area contributed by atoms with Crippen LogP contribution in [0.25, 0.3) is 32.2 Å². The Balaban J connectivity index is 1.05. The molecule has 3 aliphatic rings. The van der Waals surface area contributed by atoms with Crippen LogP contribution < -0.4 is 15.2 Å². The molecular formula is C40H35ClF4N8O4S2. The molecule has 1 amide bonds. The maximum atomic E-state index is 14.1. The fourth-order valence-corrected chi connectivity index (χ4v) is 10.7. The minimum atomic E-state index is -4.34. The number of nitriles is 1. The van der Waals surface area contributed by atoms with Gasteiger partial charge in [-0.15, -0.1) is 11.3 Å². The Morgan fingerprint density at radius 3 is 2.47 bits per heavy atom. The van der Waals surface area contributed by atoms with Gasteiger partial charge in [-0.2, -0.15) is 5.26 Å². The molecule has 0 spiro atoms. The number of carbonyl (C=O) groups is 1. The fraction of sp³-hybridized carbons (Fsp3) is 0.400. The van der Waals surface area contributed by atoms with Crippen molar-refractivity contribution in [3.8, 4) is 29.0 Å². The molecule has 3 fully saturated rings. The zero-order chi connectivity index (χ0) is 42.0. The number of anilines is 1. The number of hydrogen-bond acceptors (Lipinski definition) is 11. The minimum absolute atomic E-state index is 0.0186. The van der Waals surface area contributed by atoms with Crippen LogP contribution in [0.4, 0.5) is 23.4 Å². The van der Waals surface area contributed by atoms with Crippen molar-refractivity contribution in [2.24, 2.45) is 0 Å². The van der Waals surface area contributed by atoms with E-state index in [-0.39, 0.29) is 59.0 Å². The fourth-order valence-electron chi connectivity index (χ4n) is 8.03. The van der Waals surface area contributed by atoms with Crippen LogP contribution in [0, 0.1) is 30.1 Å². The van der Waals surface area contributed by atoms with Crippen molar-refractivity contribution in [1.29, 1.82) is 5.26 Å². The molecule has 2 saturated carbocycles. The first-order chi connectivity index (χ1) is 27.9. The zero-order valence-corrected chi connectivity index (χ0v) is 34.0. The van der Waals surface area contributed by atoms with Crippen LogP contribution >= 0.6 is 22.9 Å². The van der Waals surface area contributed by atoms with Crippen molar-refractivity contribution >= 4 is 65.8 Å². The molecule has 12 nitrogen and oxygen atoms in total. The highest BCUT2D eigenvalue weighted by atomic mass is 35.5. The van der Waals surface area contributed by atoms with E-state index in [1.807, 2.05) is 16.7 Å². The van der Waals surface area contributed by atoms with Crippen molar-refractivity contribution in [1.82, 2.24) is 29.1 Å². The number of fused-ring (bicyclic) bond motifs is 2. The summed E-state index contributed by atoms with van der Waals surface area (Å²) in [5.41, 5.74) is 1.70. The quantitative estimate of drug-likeness (QED) is 0.135. The number of amides is 1. The molecule has 1 aliphatic heterocycles. The summed E-state index contributed by atoms with van der Waals surface area (Å²) in [7, 11) is -2.53. The van der Waals surface area contributed by atoms with Crippen LogP contribution in [0.5, 0.6) is 0 Å². The van der Waals surface area contributed by atoms with Crippen LogP contribution in [0.15, 0.2) is 46.8 Å². The van der Waals surface area contributed by atoms with Crippen molar-refractivity contribution in [3.05, 3.63) is 79.9 Å². The lowest BCUT2D eigenvalue weighted by Crippen LogP contribution is -2.55. The number of sulfonamides is 1. The summed E-state index contributed by atoms with van der Waals surface area (Å²) >= 11 is 7.56. The second kappa shape index (κ2) is 15.2. The summed E-state index contributed by atoms with van der Waals surface area (Å²) in [4.78, 5) is 44.6. The molecule has 19 heteroatoms. The van der Waals surface area contributed by atoms with Gasteiger partial charge in [-0.3, -0.25) is 24.0 Å². The number of nitrogens with zero attached hydrogens (tertiary/aromatic N) is 7. The molecule has 1 saturated heterocycles. The number of thiophene rings is 1. The molecule has 5 heterocycles. The van der Waals surface area contributed by atoms with Gasteiger partial charge in [0.25, 0.3) is 23.3 Å². The smallest absolute Gasteiger partial charge is 0.267 e. The van der Waals surface area contributed by atoms with E-state index in [0.29, 0.717) is 64.0 Å². The lowest BCUT2D eigenvalue weighted by atomic mass is 9.85. The minimum Gasteiger partial charge on any atom is -0.355 e. The van der Waals surface area contributed by atoms with E-state index in [9.17, 15) is 40.8 Å². The summed E-state index contributed by atoms with van der Waals surface area (Å²) < 4.78 is 82.8. The standard InChI is InChI=1S/C40H35ClF4N8O4S2/c1-22-49-32-20-48-36(51(2)25-8-12-52(13-9-25)26-15-39(42,43)16-26)30(19-46)33(32)38(55)53(22)11-3-4-23-5-6-24(41)14-29(23)28-7-10-47-34-31(21-58-35(28)34)37(54)50-59(56,57)27-17-40(44,45)18-27/h5-7,10,14,20-21,25-27H,8-9,11-13,15-18H2,1-2H3,(H,50,54). The SMILES string of the molecule is Cc1nc2cnc(N(C)C3CCN(C4CC(F)(F)C4)CC3)c(C#N)c2c(=O)n1CC#Cc1ccc(Cl)cc1-c1ccnc2c(C(=O)NS(=O)(=O)C3CC(F)(F)C3)csc12. The van der Waals surface area contributed by atoms with Crippen molar-refractivity contribution < 1.29 is 30.8 Å². The molecule has 0 atom stereocenters. The zero-order valence-electron chi connectivity index (χ0n) is 31.6. The number of piperidine rings is 1. The number of alkyl halides is 4. The van der Waals surface area contributed by atoms with Gasteiger partial charge in [0.15, 0.2) is 0 Å². The Hall–Kier alpha value is -5.14. The van der Waals surface area contributed by atoms with E-state index < -0.39 is 51.4 Å². The third-order valence-corrected chi connectivity index (χ3v) is 14.3. The molecule has 0 unspecified atom stereocenters. The van der Waals surface area contributed by atoms with Crippen LogP contribution in [-0.2, 0) is 16.6 Å². The normalized spacial score (nSPS) is 18.4. The summed E-state index contributed by atoms with van der Waals surface area (Å²) in [5, 5.41) is 10.9. The predicted molar refractivity (Wildman–Crippen MR) is 216 cm³/mol. The van der Waals surface area contributed by atoms with Crippen molar-refractivity contribution in [2.45, 2.75) is 81.2 Å². The number of benzene rings is 1. The Kier molecular flexibility index (Phi) is 10.4. The van der Waals surface area contributed by atoms with E-state index in [4.69, 9.17) is 11.6 Å². The molecule has 306 valence electrons. The summed E-state index contributed by atoms with van der Waals surface area (Å²) in [5.74, 6) is 0.179. The predicted octanol–water partition coefficient (Wildman–Crippen LogP) is 6.51. The van der Waals surface area contributed by atoms with Gasteiger partial charge in [0.05, 0.1) is 44.7 Å². The first kappa shape index (κ1) is 40.6. The van der Waals surface area contributed by atoms with E-state index in [0.717, 1.165) is 11.3 Å². The highest BCUT2D eigenvalue weighted by Gasteiger charge is 2.52. The first-order valence-corrected chi connectivity index (χ1v) is 21.5. The second-order valence-electron chi connectivity index (χ2n) is 15.2. The second-order valence-corrected chi connectivity index (χ2v) is 18.5. The van der Waals surface area contributed by atoms with E-state index in [1.54, 1.807) is 31.2 Å². The molecule has 2 aliphatic carbocycles. The lowest BCUT2D eigenvalue weighted by Gasteiger charge is -2.46. The monoisotopic (exact) mass is 866 g/mol. The number of carbonyl (C=O) groups excluding carboxylic acids is 1. The molecule has 0 radical (unpaired) electrons. The Morgan fingerprint density at radius 1 is 1.08 bits per heavy atom. The molecule has 4 aromatic heterocycles. The average Bonchev–Trinajstić information content (AvgIpc) is 3.62. The van der Waals surface area contributed by atoms with E-state index in [2.05, 4.69) is 37.8 Å². The largest absolute Gasteiger partial charge is 0.355 e. The van der Waals surface area contributed by atoms with Gasteiger partial charge in [0.2, 0.25) is 10.0 Å². The molecular weight excluding hydrogens is 832 g/mol. The molecule has 0 bridgehead atoms. The van der Waals surface area contributed by atoms with Crippen LogP contribution in [-0.4, -0.2) is 88.1 Å². The lowest BCUT2D eigenvalue weighted by molar-refractivity contribution is -0.127. The molecule has 1 N–H and O–H groups in total. The topological polar surface area (TPSA) is 154 Å². The number of aromatic nitrogens is 4. The molecule has 8 rings (SSSR count). The summed E-state index contributed by atoms with van der Waals surface area (Å²) in [6, 6.07) is 8.74. The molecule has 59 heavy (non-hydrogen) atoms. The number of halogens is 5. The van der Waals surface area contributed by atoms with Gasteiger partial charge in [-0.05, 0) is 44.0 Å². The number of nitrogens with one attached hydrogen (secondary N) is 1. The summed E-state index contributed by atoms with van der Waals surface area (Å²) in [6.45, 7) is 2.84. The Labute approximate surface area is 344 Å². The average molecular weight is 867 g/mol. The van der Waals surface area contributed by atoms with Gasteiger partial charge in [-0.25, -0.2) is 40.7 Å². The van der Waals surface area contributed by atoms with E-state index >= 15 is 0 Å². The van der Waals surface area contributed by atoms with Crippen LogP contribution in [0.2, 0.25) is 5.02 Å². The van der Waals surface area contributed by atoms with Crippen LogP contribution in [0.1, 0.15) is 65.8 Å². The highest BCUT2D eigenvalue weighted by Crippen LogP contribution is 2.43. The van der Waals surface area contributed by atoms with Gasteiger partial charge in [0, 0.05) is 91.2 Å². The number of rotatable bonds is 8. The maximum absolute atomic E-state index is 14.1.